The number of H-pyrrole nitrogens is 1. The van der Waals surface area contributed by atoms with E-state index in [4.69, 9.17) is 9.90 Å². The van der Waals surface area contributed by atoms with Crippen LogP contribution in [0.4, 0.5) is 13.2 Å². The zero-order valence-corrected chi connectivity index (χ0v) is 17.7. The molecule has 8 heteroatoms. The molecule has 0 bridgehead atoms. The normalized spacial score (nSPS) is 14.9. The molecule has 0 saturated carbocycles. The van der Waals surface area contributed by atoms with Gasteiger partial charge in [-0.15, -0.1) is 0 Å². The van der Waals surface area contributed by atoms with Crippen LogP contribution in [-0.2, 0) is 4.79 Å². The minimum absolute atomic E-state index is 0.660. The molecule has 1 aliphatic rings. The van der Waals surface area contributed by atoms with E-state index >= 15 is 0 Å². The van der Waals surface area contributed by atoms with Crippen molar-refractivity contribution >= 4 is 16.9 Å². The molecule has 166 valence electrons. The SMILES string of the molecule is Cc1cc(-c2ccc3c(C)c(C4CCNCC4)[nH]c3c2)cc(C)n1.O=C(O)C(F)(F)F. The fourth-order valence-corrected chi connectivity index (χ4v) is 4.06. The summed E-state index contributed by atoms with van der Waals surface area (Å²) in [5, 5.41) is 11.9. The molecule has 3 aromatic rings. The van der Waals surface area contributed by atoms with E-state index < -0.39 is 12.1 Å². The first-order valence-electron chi connectivity index (χ1n) is 10.1. The van der Waals surface area contributed by atoms with Crippen molar-refractivity contribution in [3.05, 3.63) is 53.0 Å². The molecule has 4 rings (SSSR count). The van der Waals surface area contributed by atoms with Gasteiger partial charge < -0.3 is 15.4 Å². The summed E-state index contributed by atoms with van der Waals surface area (Å²) >= 11 is 0. The Labute approximate surface area is 178 Å². The number of hydrogen-bond acceptors (Lipinski definition) is 3. The van der Waals surface area contributed by atoms with E-state index in [9.17, 15) is 13.2 Å². The van der Waals surface area contributed by atoms with Gasteiger partial charge >= 0.3 is 12.1 Å². The van der Waals surface area contributed by atoms with Crippen LogP contribution in [0.3, 0.4) is 0 Å². The van der Waals surface area contributed by atoms with E-state index in [0.717, 1.165) is 24.5 Å². The van der Waals surface area contributed by atoms with Crippen LogP contribution in [0.1, 0.15) is 41.4 Å². The van der Waals surface area contributed by atoms with Gasteiger partial charge in [-0.25, -0.2) is 4.79 Å². The van der Waals surface area contributed by atoms with Gasteiger partial charge in [-0.2, -0.15) is 13.2 Å². The molecule has 3 heterocycles. The molecule has 2 aromatic heterocycles. The number of carbonyl (C=O) groups is 1. The average molecular weight is 433 g/mol. The number of hydrogen-bond donors (Lipinski definition) is 3. The first-order chi connectivity index (χ1) is 14.6. The number of pyridine rings is 1. The Morgan fingerprint density at radius 1 is 1.03 bits per heavy atom. The zero-order valence-electron chi connectivity index (χ0n) is 17.7. The summed E-state index contributed by atoms with van der Waals surface area (Å²) in [6.07, 6.45) is -2.63. The third kappa shape index (κ3) is 5.44. The maximum Gasteiger partial charge on any atom is 0.490 e. The number of halogens is 3. The molecular weight excluding hydrogens is 407 g/mol. The number of piperidine rings is 1. The molecule has 0 radical (unpaired) electrons. The highest BCUT2D eigenvalue weighted by atomic mass is 19.4. The molecule has 0 unspecified atom stereocenters. The van der Waals surface area contributed by atoms with Gasteiger partial charge in [0.2, 0.25) is 0 Å². The van der Waals surface area contributed by atoms with Crippen molar-refractivity contribution in [2.45, 2.75) is 45.7 Å². The van der Waals surface area contributed by atoms with Crippen LogP contribution < -0.4 is 5.32 Å². The highest BCUT2D eigenvalue weighted by molar-refractivity contribution is 5.88. The fraction of sp³-hybridized carbons (Fsp3) is 0.391. The van der Waals surface area contributed by atoms with Crippen LogP contribution in [0, 0.1) is 20.8 Å². The number of benzene rings is 1. The molecule has 1 saturated heterocycles. The van der Waals surface area contributed by atoms with Crippen molar-refractivity contribution in [1.29, 1.82) is 0 Å². The van der Waals surface area contributed by atoms with E-state index in [1.807, 2.05) is 0 Å². The van der Waals surface area contributed by atoms with E-state index in [0.29, 0.717) is 5.92 Å². The zero-order chi connectivity index (χ0) is 22.8. The molecular formula is C23H26F3N3O2. The van der Waals surface area contributed by atoms with E-state index in [1.54, 1.807) is 0 Å². The van der Waals surface area contributed by atoms with Crippen molar-refractivity contribution in [1.82, 2.24) is 15.3 Å². The molecule has 0 amide bonds. The van der Waals surface area contributed by atoms with E-state index in [-0.39, 0.29) is 0 Å². The maximum absolute atomic E-state index is 10.6. The summed E-state index contributed by atoms with van der Waals surface area (Å²) in [5.41, 5.74) is 8.76. The Kier molecular flexibility index (Phi) is 6.69. The molecule has 1 fully saturated rings. The second-order valence-corrected chi connectivity index (χ2v) is 7.89. The van der Waals surface area contributed by atoms with Gasteiger partial charge in [-0.05, 0) is 81.6 Å². The lowest BCUT2D eigenvalue weighted by Gasteiger charge is -2.22. The number of aromatic nitrogens is 2. The number of carboxylic acid groups (broad SMARTS) is 1. The smallest absolute Gasteiger partial charge is 0.475 e. The topological polar surface area (TPSA) is 78.0 Å². The van der Waals surface area contributed by atoms with Crippen molar-refractivity contribution < 1.29 is 23.1 Å². The third-order valence-corrected chi connectivity index (χ3v) is 5.50. The number of nitrogens with one attached hydrogen (secondary N) is 2. The van der Waals surface area contributed by atoms with Crippen molar-refractivity contribution in [3.63, 3.8) is 0 Å². The predicted molar refractivity (Wildman–Crippen MR) is 114 cm³/mol. The highest BCUT2D eigenvalue weighted by Gasteiger charge is 2.38. The highest BCUT2D eigenvalue weighted by Crippen LogP contribution is 2.34. The number of carboxylic acids is 1. The average Bonchev–Trinajstić information content (AvgIpc) is 3.04. The summed E-state index contributed by atoms with van der Waals surface area (Å²) in [6, 6.07) is 11.1. The lowest BCUT2D eigenvalue weighted by molar-refractivity contribution is -0.192. The monoisotopic (exact) mass is 433 g/mol. The van der Waals surface area contributed by atoms with Gasteiger partial charge in [0.05, 0.1) is 0 Å². The standard InChI is InChI=1S/C21H25N3.C2HF3O2/c1-13-10-18(11-14(2)23-13)17-4-5-19-15(3)21(24-20(19)12-17)16-6-8-22-9-7-16;3-2(4,5)1(6)7/h4-5,10-12,16,22,24H,6-9H2,1-3H3;(H,6,7). The quantitative estimate of drug-likeness (QED) is 0.516. The van der Waals surface area contributed by atoms with Crippen LogP contribution in [0.2, 0.25) is 0 Å². The first-order valence-corrected chi connectivity index (χ1v) is 10.1. The number of rotatable bonds is 2. The Morgan fingerprint density at radius 3 is 2.16 bits per heavy atom. The lowest BCUT2D eigenvalue weighted by atomic mass is 9.92. The molecule has 0 spiro atoms. The van der Waals surface area contributed by atoms with Crippen molar-refractivity contribution in [3.8, 4) is 11.1 Å². The van der Waals surface area contributed by atoms with Crippen molar-refractivity contribution in [2.75, 3.05) is 13.1 Å². The van der Waals surface area contributed by atoms with Gasteiger partial charge in [-0.1, -0.05) is 12.1 Å². The number of nitrogens with zero attached hydrogens (tertiary/aromatic N) is 1. The number of aromatic amines is 1. The molecule has 1 aromatic carbocycles. The molecule has 3 N–H and O–H groups in total. The number of alkyl halides is 3. The van der Waals surface area contributed by atoms with Gasteiger partial charge in [0.15, 0.2) is 0 Å². The third-order valence-electron chi connectivity index (χ3n) is 5.50. The molecule has 5 nitrogen and oxygen atoms in total. The maximum atomic E-state index is 10.6. The predicted octanol–water partition coefficient (Wildman–Crippen LogP) is 5.26. The van der Waals surface area contributed by atoms with Crippen LogP contribution >= 0.6 is 0 Å². The summed E-state index contributed by atoms with van der Waals surface area (Å²) in [6.45, 7) is 8.63. The van der Waals surface area contributed by atoms with Crippen LogP contribution in [-0.4, -0.2) is 40.3 Å². The van der Waals surface area contributed by atoms with Gasteiger partial charge in [0.1, 0.15) is 0 Å². The lowest BCUT2D eigenvalue weighted by Crippen LogP contribution is -2.27. The minimum Gasteiger partial charge on any atom is -0.475 e. The molecule has 1 aliphatic heterocycles. The minimum atomic E-state index is -5.08. The second kappa shape index (κ2) is 9.09. The van der Waals surface area contributed by atoms with Crippen LogP contribution in [0.15, 0.2) is 30.3 Å². The second-order valence-electron chi connectivity index (χ2n) is 7.89. The Balaban J connectivity index is 0.000000339. The number of aliphatic carboxylic acids is 1. The summed E-state index contributed by atoms with van der Waals surface area (Å²) in [4.78, 5) is 17.1. The Morgan fingerprint density at radius 2 is 1.61 bits per heavy atom. The van der Waals surface area contributed by atoms with Crippen LogP contribution in [0.25, 0.3) is 22.0 Å². The summed E-state index contributed by atoms with van der Waals surface area (Å²) < 4.78 is 31.7. The van der Waals surface area contributed by atoms with E-state index in [1.165, 1.54) is 46.1 Å². The van der Waals surface area contributed by atoms with E-state index in [2.05, 4.69) is 66.4 Å². The fourth-order valence-electron chi connectivity index (χ4n) is 4.06. The number of aryl methyl sites for hydroxylation is 3. The van der Waals surface area contributed by atoms with Gasteiger partial charge in [-0.3, -0.25) is 4.98 Å². The summed E-state index contributed by atoms with van der Waals surface area (Å²) in [7, 11) is 0. The van der Waals surface area contributed by atoms with Crippen molar-refractivity contribution in [2.24, 2.45) is 0 Å². The molecule has 0 aliphatic carbocycles. The largest absolute Gasteiger partial charge is 0.490 e. The number of fused-ring (bicyclic) bond motifs is 1. The Hall–Kier alpha value is -2.87. The summed E-state index contributed by atoms with van der Waals surface area (Å²) in [5.74, 6) is -2.10. The molecule has 31 heavy (non-hydrogen) atoms. The van der Waals surface area contributed by atoms with Gasteiger partial charge in [0.25, 0.3) is 0 Å². The Bertz CT molecular complexity index is 1060. The first kappa shape index (κ1) is 22.8. The van der Waals surface area contributed by atoms with Crippen LogP contribution in [0.5, 0.6) is 0 Å². The molecule has 0 atom stereocenters. The van der Waals surface area contributed by atoms with Gasteiger partial charge in [0, 0.05) is 33.9 Å².